The molecule has 0 aliphatic heterocycles. The molecule has 3 rings (SSSR count). The summed E-state index contributed by atoms with van der Waals surface area (Å²) in [7, 11) is 3.21. The van der Waals surface area contributed by atoms with E-state index in [0.717, 1.165) is 5.56 Å². The molecule has 0 aliphatic carbocycles. The van der Waals surface area contributed by atoms with Crippen LogP contribution in [0.2, 0.25) is 0 Å². The van der Waals surface area contributed by atoms with E-state index in [0.29, 0.717) is 32.2 Å². The van der Waals surface area contributed by atoms with Crippen molar-refractivity contribution in [2.75, 3.05) is 21.3 Å². The predicted molar refractivity (Wildman–Crippen MR) is 102 cm³/mol. The summed E-state index contributed by atoms with van der Waals surface area (Å²) in [4.78, 5) is 0. The fourth-order valence-corrected chi connectivity index (χ4v) is 4.52. The third kappa shape index (κ3) is 4.25. The van der Waals surface area contributed by atoms with Crippen molar-refractivity contribution in [2.45, 2.75) is 10.1 Å². The molecular weight excluding hydrogens is 391 g/mol. The zero-order chi connectivity index (χ0) is 19.4. The maximum atomic E-state index is 13.0. The molecule has 0 spiro atoms. The first-order chi connectivity index (χ1) is 13.0. The third-order valence-electron chi connectivity index (χ3n) is 3.72. The molecule has 3 aromatic rings. The minimum atomic E-state index is -1.38. The lowest BCUT2D eigenvalue weighted by molar-refractivity contribution is 0.324. The monoisotopic (exact) mass is 408 g/mol. The highest BCUT2D eigenvalue weighted by Gasteiger charge is 2.18. The second-order valence-electron chi connectivity index (χ2n) is 5.40. The molecule has 0 N–H and O–H groups in total. The van der Waals surface area contributed by atoms with Crippen molar-refractivity contribution >= 4 is 22.1 Å². The van der Waals surface area contributed by atoms with Gasteiger partial charge in [0.2, 0.25) is 10.1 Å². The van der Waals surface area contributed by atoms with Crippen molar-refractivity contribution in [3.63, 3.8) is 0 Å². The standard InChI is InChI=1S/C18H17FN2O4S2/c1-23-14-8-12(9-15(24-2)16(14)25-3)17-20-21-18(26-17)27(22)10-11-4-6-13(19)7-5-11/h4-9H,10H2,1-3H3. The van der Waals surface area contributed by atoms with Crippen LogP contribution in [-0.2, 0) is 16.6 Å². The van der Waals surface area contributed by atoms with Crippen LogP contribution >= 0.6 is 11.3 Å². The van der Waals surface area contributed by atoms with Crippen LogP contribution in [-0.4, -0.2) is 35.7 Å². The highest BCUT2D eigenvalue weighted by Crippen LogP contribution is 2.41. The number of halogens is 1. The van der Waals surface area contributed by atoms with Crippen molar-refractivity contribution < 1.29 is 22.8 Å². The Morgan fingerprint density at radius 2 is 1.63 bits per heavy atom. The van der Waals surface area contributed by atoms with Crippen molar-refractivity contribution in [3.8, 4) is 27.8 Å². The molecular formula is C18H17FN2O4S2. The van der Waals surface area contributed by atoms with Gasteiger partial charge in [0.1, 0.15) is 10.8 Å². The molecule has 1 aromatic heterocycles. The molecule has 0 saturated carbocycles. The number of hydrogen-bond donors (Lipinski definition) is 0. The Labute approximate surface area is 162 Å². The van der Waals surface area contributed by atoms with Crippen LogP contribution in [0.1, 0.15) is 5.56 Å². The molecule has 1 unspecified atom stereocenters. The topological polar surface area (TPSA) is 70.5 Å². The molecule has 6 nitrogen and oxygen atoms in total. The van der Waals surface area contributed by atoms with Gasteiger partial charge in [-0.2, -0.15) is 0 Å². The molecule has 142 valence electrons. The summed E-state index contributed by atoms with van der Waals surface area (Å²) in [5.74, 6) is 1.38. The van der Waals surface area contributed by atoms with E-state index < -0.39 is 10.8 Å². The second-order valence-corrected chi connectivity index (χ2v) is 8.01. The smallest absolute Gasteiger partial charge is 0.205 e. The largest absolute Gasteiger partial charge is 0.493 e. The van der Waals surface area contributed by atoms with Crippen molar-refractivity contribution in [2.24, 2.45) is 0 Å². The first-order valence-electron chi connectivity index (χ1n) is 7.82. The van der Waals surface area contributed by atoms with Crippen LogP contribution in [0.3, 0.4) is 0 Å². The fourth-order valence-electron chi connectivity index (χ4n) is 2.42. The zero-order valence-electron chi connectivity index (χ0n) is 14.9. The second kappa shape index (κ2) is 8.45. The molecule has 0 fully saturated rings. The Bertz CT molecular complexity index is 935. The number of ether oxygens (including phenoxy) is 3. The van der Waals surface area contributed by atoms with E-state index in [1.165, 1.54) is 44.8 Å². The van der Waals surface area contributed by atoms with E-state index in [1.807, 2.05) is 0 Å². The van der Waals surface area contributed by atoms with Gasteiger partial charge in [0.25, 0.3) is 0 Å². The minimum Gasteiger partial charge on any atom is -0.493 e. The summed E-state index contributed by atoms with van der Waals surface area (Å²) < 4.78 is 41.9. The third-order valence-corrected chi connectivity index (χ3v) is 6.37. The molecule has 27 heavy (non-hydrogen) atoms. The number of nitrogens with zero attached hydrogens (tertiary/aromatic N) is 2. The summed E-state index contributed by atoms with van der Waals surface area (Å²) in [6.07, 6.45) is 0. The molecule has 2 aromatic carbocycles. The maximum absolute atomic E-state index is 13.0. The lowest BCUT2D eigenvalue weighted by Crippen LogP contribution is -1.96. The van der Waals surface area contributed by atoms with E-state index >= 15 is 0 Å². The van der Waals surface area contributed by atoms with Gasteiger partial charge in [-0.3, -0.25) is 4.21 Å². The number of rotatable bonds is 7. The van der Waals surface area contributed by atoms with Gasteiger partial charge in [0.15, 0.2) is 11.5 Å². The Hall–Kier alpha value is -2.52. The lowest BCUT2D eigenvalue weighted by Gasteiger charge is -2.13. The van der Waals surface area contributed by atoms with Gasteiger partial charge in [0.05, 0.1) is 37.9 Å². The Morgan fingerprint density at radius 3 is 2.19 bits per heavy atom. The summed E-state index contributed by atoms with van der Waals surface area (Å²) in [6, 6.07) is 9.41. The number of benzene rings is 2. The van der Waals surface area contributed by atoms with Crippen LogP contribution in [0.15, 0.2) is 40.7 Å². The first kappa shape index (κ1) is 19.2. The molecule has 1 atom stereocenters. The van der Waals surface area contributed by atoms with Crippen LogP contribution in [0.4, 0.5) is 4.39 Å². The van der Waals surface area contributed by atoms with Crippen LogP contribution < -0.4 is 14.2 Å². The van der Waals surface area contributed by atoms with E-state index in [-0.39, 0.29) is 11.6 Å². The highest BCUT2D eigenvalue weighted by molar-refractivity contribution is 7.86. The summed E-state index contributed by atoms with van der Waals surface area (Å²) in [6.45, 7) is 0. The van der Waals surface area contributed by atoms with Gasteiger partial charge in [0, 0.05) is 5.56 Å². The highest BCUT2D eigenvalue weighted by atomic mass is 32.2. The molecule has 0 aliphatic rings. The van der Waals surface area contributed by atoms with Crippen LogP contribution in [0.5, 0.6) is 17.2 Å². The number of aromatic nitrogens is 2. The zero-order valence-corrected chi connectivity index (χ0v) is 16.5. The first-order valence-corrected chi connectivity index (χ1v) is 9.96. The fraction of sp³-hybridized carbons (Fsp3) is 0.222. The van der Waals surface area contributed by atoms with Gasteiger partial charge in [-0.05, 0) is 29.8 Å². The summed E-state index contributed by atoms with van der Waals surface area (Å²) >= 11 is 1.22. The van der Waals surface area contributed by atoms with E-state index in [1.54, 1.807) is 24.3 Å². The SMILES string of the molecule is COc1cc(-c2nnc(S(=O)Cc3ccc(F)cc3)s2)cc(OC)c1OC. The molecule has 0 radical (unpaired) electrons. The van der Waals surface area contributed by atoms with Crippen molar-refractivity contribution in [1.82, 2.24) is 10.2 Å². The van der Waals surface area contributed by atoms with Crippen LogP contribution in [0, 0.1) is 5.82 Å². The van der Waals surface area contributed by atoms with Crippen LogP contribution in [0.25, 0.3) is 10.6 Å². The molecule has 0 amide bonds. The average molecular weight is 408 g/mol. The van der Waals surface area contributed by atoms with Gasteiger partial charge in [-0.15, -0.1) is 10.2 Å². The summed E-state index contributed by atoms with van der Waals surface area (Å²) in [5, 5.41) is 8.75. The maximum Gasteiger partial charge on any atom is 0.205 e. The summed E-state index contributed by atoms with van der Waals surface area (Å²) in [5.41, 5.74) is 1.48. The molecule has 9 heteroatoms. The number of methoxy groups -OCH3 is 3. The lowest BCUT2D eigenvalue weighted by atomic mass is 10.2. The van der Waals surface area contributed by atoms with E-state index in [4.69, 9.17) is 14.2 Å². The minimum absolute atomic E-state index is 0.240. The quantitative estimate of drug-likeness (QED) is 0.594. The van der Waals surface area contributed by atoms with Gasteiger partial charge in [-0.1, -0.05) is 23.5 Å². The predicted octanol–water partition coefficient (Wildman–Crippen LogP) is 3.68. The Kier molecular flexibility index (Phi) is 6.02. The normalized spacial score (nSPS) is 11.9. The van der Waals surface area contributed by atoms with Crippen molar-refractivity contribution in [3.05, 3.63) is 47.8 Å². The average Bonchev–Trinajstić information content (AvgIpc) is 3.19. The van der Waals surface area contributed by atoms with Gasteiger partial charge in [-0.25, -0.2) is 4.39 Å². The molecule has 0 saturated heterocycles. The van der Waals surface area contributed by atoms with E-state index in [2.05, 4.69) is 10.2 Å². The Balaban J connectivity index is 1.86. The molecule has 0 bridgehead atoms. The Morgan fingerprint density at radius 1 is 1.00 bits per heavy atom. The van der Waals surface area contributed by atoms with Gasteiger partial charge >= 0.3 is 0 Å². The molecule has 1 heterocycles. The van der Waals surface area contributed by atoms with Crippen molar-refractivity contribution in [1.29, 1.82) is 0 Å². The van der Waals surface area contributed by atoms with Gasteiger partial charge < -0.3 is 14.2 Å². The number of hydrogen-bond acceptors (Lipinski definition) is 7. The van der Waals surface area contributed by atoms with E-state index in [9.17, 15) is 8.60 Å².